The van der Waals surface area contributed by atoms with Crippen LogP contribution in [0.25, 0.3) is 0 Å². The zero-order valence-electron chi connectivity index (χ0n) is 19.3. The Kier molecular flexibility index (Phi) is 7.21. The number of anilines is 1. The molecule has 0 saturated carbocycles. The van der Waals surface area contributed by atoms with E-state index in [9.17, 15) is 14.0 Å². The number of nitrogens with one attached hydrogen (secondary N) is 1. The van der Waals surface area contributed by atoms with E-state index in [4.69, 9.17) is 9.47 Å². The molecule has 178 valence electrons. The van der Waals surface area contributed by atoms with Crippen LogP contribution in [-0.2, 0) is 17.6 Å². The molecule has 0 spiro atoms. The highest BCUT2D eigenvalue weighted by atomic mass is 32.2. The lowest BCUT2D eigenvalue weighted by Crippen LogP contribution is -2.33. The second kappa shape index (κ2) is 10.3. The van der Waals surface area contributed by atoms with E-state index in [1.165, 1.54) is 17.8 Å². The third-order valence-electron chi connectivity index (χ3n) is 5.67. The number of amides is 1. The third kappa shape index (κ3) is 4.79. The van der Waals surface area contributed by atoms with Crippen LogP contribution in [0.3, 0.4) is 0 Å². The number of hydrogen-bond acceptors (Lipinski definition) is 6. The van der Waals surface area contributed by atoms with Gasteiger partial charge in [-0.25, -0.2) is 4.39 Å². The Bertz CT molecular complexity index is 1280. The van der Waals surface area contributed by atoms with Gasteiger partial charge in [0.25, 0.3) is 5.56 Å². The molecular formula is C25H26FN3O4S. The van der Waals surface area contributed by atoms with Crippen molar-refractivity contribution in [1.29, 1.82) is 0 Å². The highest BCUT2D eigenvalue weighted by Crippen LogP contribution is 2.39. The van der Waals surface area contributed by atoms with Crippen molar-refractivity contribution in [2.45, 2.75) is 36.6 Å². The molecule has 7 nitrogen and oxygen atoms in total. The van der Waals surface area contributed by atoms with E-state index in [1.807, 2.05) is 13.0 Å². The maximum atomic E-state index is 14.0. The van der Waals surface area contributed by atoms with Crippen molar-refractivity contribution in [3.8, 4) is 11.5 Å². The number of ether oxygens (including phenoxy) is 2. The summed E-state index contributed by atoms with van der Waals surface area (Å²) in [4.78, 5) is 30.0. The Morgan fingerprint density at radius 2 is 2.00 bits per heavy atom. The van der Waals surface area contributed by atoms with E-state index in [2.05, 4.69) is 10.3 Å². The molecular weight excluding hydrogens is 457 g/mol. The molecule has 0 bridgehead atoms. The first-order chi connectivity index (χ1) is 16.4. The number of benzene rings is 2. The number of nitrogens with zero attached hydrogens (tertiary/aromatic N) is 2. The molecule has 1 N–H and O–H groups in total. The van der Waals surface area contributed by atoms with Gasteiger partial charge in [-0.05, 0) is 35.7 Å². The van der Waals surface area contributed by atoms with Gasteiger partial charge in [0.05, 0.1) is 19.3 Å². The Balaban J connectivity index is 1.70. The smallest absolute Gasteiger partial charge is 0.279 e. The topological polar surface area (TPSA) is 82.5 Å². The SMILES string of the molecule is CCCOc1ccc([C@H]2CC(=O)Nc3c2c(=O)nc(SCc2ccccc2F)n3C)cc1OC. The molecule has 3 aromatic rings. The van der Waals surface area contributed by atoms with Crippen molar-refractivity contribution < 1.29 is 18.7 Å². The molecule has 4 rings (SSSR count). The van der Waals surface area contributed by atoms with Crippen LogP contribution in [0.4, 0.5) is 10.2 Å². The van der Waals surface area contributed by atoms with E-state index in [0.717, 1.165) is 12.0 Å². The number of carbonyl (C=O) groups excluding carboxylic acids is 1. The third-order valence-corrected chi connectivity index (χ3v) is 6.75. The van der Waals surface area contributed by atoms with Gasteiger partial charge in [-0.3, -0.25) is 9.59 Å². The summed E-state index contributed by atoms with van der Waals surface area (Å²) in [5.74, 6) is 0.872. The molecule has 0 fully saturated rings. The molecule has 9 heteroatoms. The van der Waals surface area contributed by atoms with E-state index in [1.54, 1.807) is 49.1 Å². The van der Waals surface area contributed by atoms with Crippen LogP contribution in [0, 0.1) is 5.82 Å². The first-order valence-corrected chi connectivity index (χ1v) is 12.0. The number of hydrogen-bond donors (Lipinski definition) is 1. The van der Waals surface area contributed by atoms with Gasteiger partial charge in [-0.1, -0.05) is 43.0 Å². The quantitative estimate of drug-likeness (QED) is 0.376. The molecule has 1 aromatic heterocycles. The lowest BCUT2D eigenvalue weighted by atomic mass is 9.86. The average molecular weight is 484 g/mol. The largest absolute Gasteiger partial charge is 0.493 e. The van der Waals surface area contributed by atoms with Crippen LogP contribution in [-0.4, -0.2) is 29.2 Å². The van der Waals surface area contributed by atoms with Gasteiger partial charge in [-0.15, -0.1) is 0 Å². The number of thioether (sulfide) groups is 1. The molecule has 1 atom stereocenters. The second-order valence-corrected chi connectivity index (χ2v) is 8.91. The van der Waals surface area contributed by atoms with Gasteiger partial charge in [0.1, 0.15) is 11.6 Å². The fraction of sp³-hybridized carbons (Fsp3) is 0.320. The van der Waals surface area contributed by atoms with E-state index in [-0.39, 0.29) is 18.1 Å². The first-order valence-electron chi connectivity index (χ1n) is 11.0. The maximum absolute atomic E-state index is 14.0. The van der Waals surface area contributed by atoms with Crippen LogP contribution in [0.1, 0.15) is 42.4 Å². The molecule has 0 saturated heterocycles. The minimum atomic E-state index is -0.477. The molecule has 34 heavy (non-hydrogen) atoms. The summed E-state index contributed by atoms with van der Waals surface area (Å²) >= 11 is 1.24. The molecule has 1 aliphatic rings. The van der Waals surface area contributed by atoms with E-state index >= 15 is 0 Å². The number of fused-ring (bicyclic) bond motifs is 1. The van der Waals surface area contributed by atoms with Crippen molar-refractivity contribution in [3.63, 3.8) is 0 Å². The van der Waals surface area contributed by atoms with Gasteiger partial charge >= 0.3 is 0 Å². The average Bonchev–Trinajstić information content (AvgIpc) is 2.84. The van der Waals surface area contributed by atoms with Crippen molar-refractivity contribution in [2.75, 3.05) is 19.0 Å². The van der Waals surface area contributed by atoms with Crippen LogP contribution in [0.15, 0.2) is 52.4 Å². The summed E-state index contributed by atoms with van der Waals surface area (Å²) in [7, 11) is 3.29. The van der Waals surface area contributed by atoms with Crippen molar-refractivity contribution >= 4 is 23.5 Å². The zero-order valence-corrected chi connectivity index (χ0v) is 20.1. The summed E-state index contributed by atoms with van der Waals surface area (Å²) in [5, 5.41) is 3.22. The maximum Gasteiger partial charge on any atom is 0.279 e. The van der Waals surface area contributed by atoms with Gasteiger partial charge in [0, 0.05) is 25.1 Å². The number of halogens is 1. The van der Waals surface area contributed by atoms with Crippen LogP contribution < -0.4 is 20.3 Å². The van der Waals surface area contributed by atoms with Crippen molar-refractivity contribution in [3.05, 3.63) is 75.3 Å². The standard InChI is InChI=1S/C25H26FN3O4S/c1-4-11-33-19-10-9-15(12-20(19)32-3)17-13-21(30)27-23-22(17)24(31)28-25(29(23)2)34-14-16-7-5-6-8-18(16)26/h5-10,12,17H,4,11,13-14H2,1-3H3,(H,27,30)/t17-/m1/s1. The lowest BCUT2D eigenvalue weighted by molar-refractivity contribution is -0.116. The minimum Gasteiger partial charge on any atom is -0.493 e. The Morgan fingerprint density at radius 3 is 2.74 bits per heavy atom. The number of carbonyl (C=O) groups is 1. The fourth-order valence-corrected chi connectivity index (χ4v) is 4.89. The summed E-state index contributed by atoms with van der Waals surface area (Å²) in [6.07, 6.45) is 0.976. The monoisotopic (exact) mass is 483 g/mol. The summed E-state index contributed by atoms with van der Waals surface area (Å²) in [6.45, 7) is 2.58. The second-order valence-electron chi connectivity index (χ2n) is 7.96. The van der Waals surface area contributed by atoms with E-state index in [0.29, 0.717) is 46.0 Å². The highest BCUT2D eigenvalue weighted by Gasteiger charge is 2.32. The summed E-state index contributed by atoms with van der Waals surface area (Å²) in [6, 6.07) is 11.9. The molecule has 0 radical (unpaired) electrons. The normalized spacial score (nSPS) is 14.9. The van der Waals surface area contributed by atoms with Crippen LogP contribution in [0.2, 0.25) is 0 Å². The Hall–Kier alpha value is -3.33. The van der Waals surface area contributed by atoms with Crippen LogP contribution >= 0.6 is 11.8 Å². The van der Waals surface area contributed by atoms with Gasteiger partial charge < -0.3 is 19.4 Å². The summed E-state index contributed by atoms with van der Waals surface area (Å²) < 4.78 is 26.9. The van der Waals surface area contributed by atoms with Crippen molar-refractivity contribution in [2.24, 2.45) is 7.05 Å². The lowest BCUT2D eigenvalue weighted by Gasteiger charge is -2.28. The van der Waals surface area contributed by atoms with E-state index < -0.39 is 11.5 Å². The fourth-order valence-electron chi connectivity index (χ4n) is 3.94. The van der Waals surface area contributed by atoms with Crippen molar-refractivity contribution in [1.82, 2.24) is 9.55 Å². The van der Waals surface area contributed by atoms with Crippen LogP contribution in [0.5, 0.6) is 11.5 Å². The summed E-state index contributed by atoms with van der Waals surface area (Å²) in [5.41, 5.74) is 1.28. The highest BCUT2D eigenvalue weighted by molar-refractivity contribution is 7.98. The number of rotatable bonds is 8. The minimum absolute atomic E-state index is 0.115. The molecule has 2 heterocycles. The van der Waals surface area contributed by atoms with Gasteiger partial charge in [0.15, 0.2) is 16.7 Å². The Morgan fingerprint density at radius 1 is 1.21 bits per heavy atom. The molecule has 1 aliphatic heterocycles. The molecule has 0 unspecified atom stereocenters. The van der Waals surface area contributed by atoms with Gasteiger partial charge in [-0.2, -0.15) is 4.98 Å². The first kappa shape index (κ1) is 23.8. The van der Waals surface area contributed by atoms with Gasteiger partial charge in [0.2, 0.25) is 5.91 Å². The predicted octanol–water partition coefficient (Wildman–Crippen LogP) is 4.48. The predicted molar refractivity (Wildman–Crippen MR) is 129 cm³/mol. The zero-order chi connectivity index (χ0) is 24.2. The molecule has 1 amide bonds. The number of methoxy groups -OCH3 is 1. The molecule has 0 aliphatic carbocycles. The Labute approximate surface area is 201 Å². The molecule has 2 aromatic carbocycles. The number of aromatic nitrogens is 2.